The van der Waals surface area contributed by atoms with Gasteiger partial charge in [0.1, 0.15) is 6.54 Å². The molecule has 8 nitrogen and oxygen atoms in total. The second-order valence-corrected chi connectivity index (χ2v) is 10.6. The number of rotatable bonds is 6. The number of benzene rings is 3. The Hall–Kier alpha value is -2.92. The molecule has 3 aromatic carbocycles. The third-order valence-electron chi connectivity index (χ3n) is 4.79. The molecule has 34 heavy (non-hydrogen) atoms. The first kappa shape index (κ1) is 24.2. The molecule has 0 saturated carbocycles. The molecule has 0 unspecified atom stereocenters. The van der Waals surface area contributed by atoms with E-state index in [0.717, 1.165) is 8.78 Å². The highest BCUT2D eigenvalue weighted by molar-refractivity contribution is 9.10. The number of aromatic hydroxyl groups is 1. The lowest BCUT2D eigenvalue weighted by molar-refractivity contribution is -0.116. The van der Waals surface area contributed by atoms with Crippen molar-refractivity contribution in [1.82, 2.24) is 4.98 Å². The van der Waals surface area contributed by atoms with Crippen LogP contribution in [0.25, 0.3) is 10.9 Å². The van der Waals surface area contributed by atoms with Gasteiger partial charge in [0.15, 0.2) is 5.69 Å². The molecule has 0 radical (unpaired) electrons. The van der Waals surface area contributed by atoms with E-state index in [2.05, 4.69) is 31.1 Å². The van der Waals surface area contributed by atoms with Crippen LogP contribution >= 0.6 is 39.1 Å². The molecule has 0 aliphatic rings. The maximum absolute atomic E-state index is 13.4. The molecule has 0 fully saturated rings. The van der Waals surface area contributed by atoms with Crippen LogP contribution in [-0.2, 0) is 14.8 Å². The number of halogens is 3. The number of aromatic nitrogens is 1. The minimum absolute atomic E-state index is 0.0143. The van der Waals surface area contributed by atoms with Crippen LogP contribution in [0.4, 0.5) is 11.4 Å². The minimum Gasteiger partial charge on any atom is -0.493 e. The monoisotopic (exact) mass is 580 g/mol. The second-order valence-electron chi connectivity index (χ2n) is 7.00. The Kier molecular flexibility index (Phi) is 6.94. The third-order valence-corrected chi connectivity index (χ3v) is 7.86. The quantitative estimate of drug-likeness (QED) is 0.255. The molecule has 0 atom stereocenters. The Bertz CT molecular complexity index is 1520. The van der Waals surface area contributed by atoms with Crippen molar-refractivity contribution in [2.45, 2.75) is 4.90 Å². The highest BCUT2D eigenvalue weighted by Gasteiger charge is 2.29. The van der Waals surface area contributed by atoms with E-state index in [9.17, 15) is 18.3 Å². The van der Waals surface area contributed by atoms with Gasteiger partial charge in [0.25, 0.3) is 15.9 Å². The van der Waals surface area contributed by atoms with Crippen LogP contribution in [0.5, 0.6) is 5.88 Å². The van der Waals surface area contributed by atoms with E-state index < -0.39 is 22.5 Å². The van der Waals surface area contributed by atoms with E-state index >= 15 is 0 Å². The van der Waals surface area contributed by atoms with Gasteiger partial charge in [-0.25, -0.2) is 8.42 Å². The van der Waals surface area contributed by atoms with E-state index in [1.54, 1.807) is 36.4 Å². The first-order valence-electron chi connectivity index (χ1n) is 9.65. The molecule has 1 aromatic heterocycles. The predicted molar refractivity (Wildman–Crippen MR) is 135 cm³/mol. The number of sulfonamides is 1. The van der Waals surface area contributed by atoms with Crippen LogP contribution in [0.1, 0.15) is 0 Å². The summed E-state index contributed by atoms with van der Waals surface area (Å²) in [5.74, 6) is -1.17. The van der Waals surface area contributed by atoms with Gasteiger partial charge in [-0.05, 0) is 42.5 Å². The summed E-state index contributed by atoms with van der Waals surface area (Å²) in [6, 6.07) is 17.2. The van der Waals surface area contributed by atoms with E-state index in [-0.39, 0.29) is 32.2 Å². The average molecular weight is 582 g/mol. The molecule has 0 saturated heterocycles. The van der Waals surface area contributed by atoms with Gasteiger partial charge in [-0.1, -0.05) is 63.4 Å². The van der Waals surface area contributed by atoms with Gasteiger partial charge >= 0.3 is 0 Å². The lowest BCUT2D eigenvalue weighted by Gasteiger charge is -2.24. The van der Waals surface area contributed by atoms with Crippen LogP contribution < -0.4 is 4.31 Å². The van der Waals surface area contributed by atoms with Gasteiger partial charge in [-0.15, -0.1) is 10.2 Å². The summed E-state index contributed by atoms with van der Waals surface area (Å²) >= 11 is 15.7. The standard InChI is InChI=1S/C22H15BrCl2N4O4S/c23-13-9-10-17-15(11-13)21(22(31)26-17)28-27-19(30)12-29(18-8-4-7-16(24)20(18)25)34(32,33)14-5-2-1-3-6-14/h1-11,26,31H,12H2. The van der Waals surface area contributed by atoms with Crippen molar-refractivity contribution >= 4 is 77.3 Å². The summed E-state index contributed by atoms with van der Waals surface area (Å²) in [5, 5.41) is 18.3. The maximum atomic E-state index is 13.4. The number of azo groups is 1. The van der Waals surface area contributed by atoms with Crippen molar-refractivity contribution in [3.63, 3.8) is 0 Å². The number of anilines is 1. The summed E-state index contributed by atoms with van der Waals surface area (Å²) < 4.78 is 28.3. The molecule has 2 N–H and O–H groups in total. The number of hydrogen-bond acceptors (Lipinski definition) is 5. The van der Waals surface area contributed by atoms with Gasteiger partial charge < -0.3 is 10.1 Å². The van der Waals surface area contributed by atoms with Crippen molar-refractivity contribution in [2.24, 2.45) is 10.2 Å². The van der Waals surface area contributed by atoms with Gasteiger partial charge in [0.2, 0.25) is 5.88 Å². The Balaban J connectivity index is 1.71. The zero-order valence-corrected chi connectivity index (χ0v) is 21.0. The van der Waals surface area contributed by atoms with Crippen molar-refractivity contribution in [1.29, 1.82) is 0 Å². The molecule has 4 aromatic rings. The van der Waals surface area contributed by atoms with Gasteiger partial charge in [-0.2, -0.15) is 0 Å². The van der Waals surface area contributed by atoms with Gasteiger partial charge in [0, 0.05) is 9.86 Å². The van der Waals surface area contributed by atoms with Crippen molar-refractivity contribution < 1.29 is 18.3 Å². The number of aromatic amines is 1. The molecule has 1 amide bonds. The lowest BCUT2D eigenvalue weighted by Crippen LogP contribution is -2.35. The molecule has 4 rings (SSSR count). The van der Waals surface area contributed by atoms with E-state index in [0.29, 0.717) is 10.9 Å². The van der Waals surface area contributed by atoms with E-state index in [4.69, 9.17) is 23.2 Å². The zero-order valence-electron chi connectivity index (χ0n) is 17.1. The summed E-state index contributed by atoms with van der Waals surface area (Å²) in [6.07, 6.45) is 0. The normalized spacial score (nSPS) is 11.9. The largest absolute Gasteiger partial charge is 0.493 e. The third kappa shape index (κ3) is 4.80. The van der Waals surface area contributed by atoms with Gasteiger partial charge in [-0.3, -0.25) is 9.10 Å². The number of nitrogens with one attached hydrogen (secondary N) is 1. The van der Waals surface area contributed by atoms with Crippen molar-refractivity contribution in [3.05, 3.63) is 81.2 Å². The first-order valence-corrected chi connectivity index (χ1v) is 12.6. The molecule has 0 aliphatic carbocycles. The number of amides is 1. The molecular formula is C22H15BrCl2N4O4S. The summed E-state index contributed by atoms with van der Waals surface area (Å²) in [5.41, 5.74) is 0.643. The minimum atomic E-state index is -4.20. The number of nitrogens with zero attached hydrogens (tertiary/aromatic N) is 3. The molecule has 0 spiro atoms. The average Bonchev–Trinajstić information content (AvgIpc) is 3.12. The fourth-order valence-corrected chi connectivity index (χ4v) is 5.46. The number of carbonyl (C=O) groups excluding carboxylic acids is 1. The predicted octanol–water partition coefficient (Wildman–Crippen LogP) is 6.45. The van der Waals surface area contributed by atoms with Crippen LogP contribution in [0.2, 0.25) is 10.0 Å². The Morgan fingerprint density at radius 1 is 1.06 bits per heavy atom. The molecule has 1 heterocycles. The fraction of sp³-hybridized carbons (Fsp3) is 0.0455. The molecule has 174 valence electrons. The van der Waals surface area contributed by atoms with Crippen LogP contribution in [-0.4, -0.2) is 31.0 Å². The maximum Gasteiger partial charge on any atom is 0.285 e. The van der Waals surface area contributed by atoms with E-state index in [1.165, 1.54) is 30.3 Å². The number of carbonyl (C=O) groups is 1. The van der Waals surface area contributed by atoms with E-state index in [1.807, 2.05) is 0 Å². The summed E-state index contributed by atoms with van der Waals surface area (Å²) in [6.45, 7) is -0.701. The Morgan fingerprint density at radius 3 is 2.53 bits per heavy atom. The number of H-pyrrole nitrogens is 1. The Morgan fingerprint density at radius 2 is 1.79 bits per heavy atom. The van der Waals surface area contributed by atoms with Crippen molar-refractivity contribution in [2.75, 3.05) is 10.8 Å². The summed E-state index contributed by atoms with van der Waals surface area (Å²) in [7, 11) is -4.20. The zero-order chi connectivity index (χ0) is 24.5. The molecular weight excluding hydrogens is 567 g/mol. The van der Waals surface area contributed by atoms with Crippen LogP contribution in [0.3, 0.4) is 0 Å². The number of fused-ring (bicyclic) bond motifs is 1. The number of hydrogen-bond donors (Lipinski definition) is 2. The highest BCUT2D eigenvalue weighted by Crippen LogP contribution is 2.38. The Labute approximate surface area is 213 Å². The lowest BCUT2D eigenvalue weighted by atomic mass is 10.2. The smallest absolute Gasteiger partial charge is 0.285 e. The SMILES string of the molecule is O=C(CN(c1cccc(Cl)c1Cl)S(=O)(=O)c1ccccc1)N=Nc1c(O)[nH]c2ccc(Br)cc12. The molecule has 12 heteroatoms. The van der Waals surface area contributed by atoms with Crippen LogP contribution in [0, 0.1) is 0 Å². The van der Waals surface area contributed by atoms with Gasteiger partial charge in [0.05, 0.1) is 26.1 Å². The first-order chi connectivity index (χ1) is 16.2. The highest BCUT2D eigenvalue weighted by atomic mass is 79.9. The topological polar surface area (TPSA) is 115 Å². The summed E-state index contributed by atoms with van der Waals surface area (Å²) in [4.78, 5) is 15.5. The second kappa shape index (κ2) is 9.75. The fourth-order valence-electron chi connectivity index (χ4n) is 3.20. The van der Waals surface area contributed by atoms with Crippen molar-refractivity contribution in [3.8, 4) is 5.88 Å². The molecule has 0 aliphatic heterocycles. The molecule has 0 bridgehead atoms. The van der Waals surface area contributed by atoms with Crippen LogP contribution in [0.15, 0.2) is 86.3 Å².